The number of hydrogen-bond acceptors (Lipinski definition) is 1. The number of rotatable bonds is 1. The van der Waals surface area contributed by atoms with Gasteiger partial charge in [0.2, 0.25) is 0 Å². The maximum atomic E-state index is 6.59. The van der Waals surface area contributed by atoms with Crippen LogP contribution in [0.5, 0.6) is 0 Å². The third-order valence-electron chi connectivity index (χ3n) is 7.00. The minimum atomic E-state index is -0.339. The van der Waals surface area contributed by atoms with Gasteiger partial charge in [-0.05, 0) is 70.0 Å². The SMILES string of the molecule is CC1=C(c2ccccc2C)C2(c3ccccc31)c1ccccc1-c1c(N)cccc12. The van der Waals surface area contributed by atoms with Crippen molar-refractivity contribution in [3.8, 4) is 11.1 Å². The summed E-state index contributed by atoms with van der Waals surface area (Å²) in [4.78, 5) is 0. The molecule has 0 fully saturated rings. The molecule has 30 heavy (non-hydrogen) atoms. The van der Waals surface area contributed by atoms with E-state index in [-0.39, 0.29) is 5.41 Å². The largest absolute Gasteiger partial charge is 0.398 e. The van der Waals surface area contributed by atoms with Crippen LogP contribution < -0.4 is 5.73 Å². The van der Waals surface area contributed by atoms with Crippen LogP contribution in [0.1, 0.15) is 40.3 Å². The van der Waals surface area contributed by atoms with Gasteiger partial charge < -0.3 is 5.73 Å². The molecule has 2 aliphatic rings. The highest BCUT2D eigenvalue weighted by atomic mass is 14.6. The second-order valence-electron chi connectivity index (χ2n) is 8.43. The number of hydrogen-bond donors (Lipinski definition) is 1. The van der Waals surface area contributed by atoms with Crippen molar-refractivity contribution >= 4 is 16.8 Å². The number of nitrogens with two attached hydrogens (primary N) is 1. The smallest absolute Gasteiger partial charge is 0.0728 e. The summed E-state index contributed by atoms with van der Waals surface area (Å²) in [5.74, 6) is 0. The number of anilines is 1. The predicted octanol–water partition coefficient (Wildman–Crippen LogP) is 6.84. The fourth-order valence-electron chi connectivity index (χ4n) is 5.86. The van der Waals surface area contributed by atoms with Crippen LogP contribution in [0, 0.1) is 6.92 Å². The summed E-state index contributed by atoms with van der Waals surface area (Å²) in [7, 11) is 0. The summed E-state index contributed by atoms with van der Waals surface area (Å²) >= 11 is 0. The molecular weight excluding hydrogens is 362 g/mol. The van der Waals surface area contributed by atoms with Crippen molar-refractivity contribution in [2.24, 2.45) is 0 Å². The Hall–Kier alpha value is -3.58. The fourth-order valence-corrected chi connectivity index (χ4v) is 5.86. The monoisotopic (exact) mass is 385 g/mol. The molecule has 0 radical (unpaired) electrons. The molecule has 0 amide bonds. The van der Waals surface area contributed by atoms with E-state index in [1.165, 1.54) is 55.7 Å². The zero-order chi connectivity index (χ0) is 20.5. The molecular formula is C29H23N. The number of nitrogen functional groups attached to an aromatic ring is 1. The van der Waals surface area contributed by atoms with Crippen LogP contribution in [0.2, 0.25) is 0 Å². The van der Waals surface area contributed by atoms with Crippen molar-refractivity contribution in [1.29, 1.82) is 0 Å². The van der Waals surface area contributed by atoms with E-state index in [0.29, 0.717) is 0 Å². The van der Waals surface area contributed by atoms with Crippen LogP contribution in [0.4, 0.5) is 5.69 Å². The van der Waals surface area contributed by atoms with Gasteiger partial charge in [-0.2, -0.15) is 0 Å². The van der Waals surface area contributed by atoms with Gasteiger partial charge in [0, 0.05) is 11.3 Å². The first-order valence-corrected chi connectivity index (χ1v) is 10.5. The highest BCUT2D eigenvalue weighted by Crippen LogP contribution is 2.65. The lowest BCUT2D eigenvalue weighted by Crippen LogP contribution is -2.27. The minimum absolute atomic E-state index is 0.339. The average molecular weight is 386 g/mol. The van der Waals surface area contributed by atoms with E-state index >= 15 is 0 Å². The Morgan fingerprint density at radius 3 is 1.87 bits per heavy atom. The minimum Gasteiger partial charge on any atom is -0.398 e. The molecule has 1 spiro atoms. The van der Waals surface area contributed by atoms with E-state index in [1.54, 1.807) is 0 Å². The maximum Gasteiger partial charge on any atom is 0.0728 e. The third-order valence-corrected chi connectivity index (χ3v) is 7.00. The number of benzene rings is 4. The van der Waals surface area contributed by atoms with E-state index in [9.17, 15) is 0 Å². The highest BCUT2D eigenvalue weighted by Gasteiger charge is 2.53. The van der Waals surface area contributed by atoms with Gasteiger partial charge in [0.25, 0.3) is 0 Å². The van der Waals surface area contributed by atoms with Gasteiger partial charge in [0.1, 0.15) is 0 Å². The van der Waals surface area contributed by atoms with Crippen LogP contribution in [0.25, 0.3) is 22.3 Å². The van der Waals surface area contributed by atoms with E-state index in [0.717, 1.165) is 5.69 Å². The molecule has 0 bridgehead atoms. The van der Waals surface area contributed by atoms with Crippen molar-refractivity contribution in [2.45, 2.75) is 19.3 Å². The zero-order valence-electron chi connectivity index (χ0n) is 17.2. The van der Waals surface area contributed by atoms with Gasteiger partial charge in [-0.25, -0.2) is 0 Å². The van der Waals surface area contributed by atoms with Crippen LogP contribution in [-0.4, -0.2) is 0 Å². The lowest BCUT2D eigenvalue weighted by atomic mass is 9.67. The van der Waals surface area contributed by atoms with Crippen molar-refractivity contribution < 1.29 is 0 Å². The molecule has 4 aromatic rings. The molecule has 0 aliphatic heterocycles. The summed E-state index contributed by atoms with van der Waals surface area (Å²) in [6, 6.07) is 32.9. The van der Waals surface area contributed by atoms with Gasteiger partial charge in [-0.3, -0.25) is 0 Å². The molecule has 4 aromatic carbocycles. The first-order chi connectivity index (χ1) is 14.7. The zero-order valence-corrected chi connectivity index (χ0v) is 17.2. The molecule has 1 atom stereocenters. The average Bonchev–Trinajstić information content (AvgIpc) is 3.21. The van der Waals surface area contributed by atoms with Crippen LogP contribution in [-0.2, 0) is 5.41 Å². The highest BCUT2D eigenvalue weighted by molar-refractivity contribution is 6.10. The van der Waals surface area contributed by atoms with Gasteiger partial charge >= 0.3 is 0 Å². The second-order valence-corrected chi connectivity index (χ2v) is 8.43. The second kappa shape index (κ2) is 5.96. The summed E-state index contributed by atoms with van der Waals surface area (Å²) < 4.78 is 0. The predicted molar refractivity (Wildman–Crippen MR) is 126 cm³/mol. The lowest BCUT2D eigenvalue weighted by Gasteiger charge is -2.33. The molecule has 6 rings (SSSR count). The van der Waals surface area contributed by atoms with Crippen molar-refractivity contribution in [1.82, 2.24) is 0 Å². The number of fused-ring (bicyclic) bond motifs is 7. The number of aryl methyl sites for hydroxylation is 1. The fraction of sp³-hybridized carbons (Fsp3) is 0.103. The molecule has 1 heteroatoms. The molecule has 1 unspecified atom stereocenters. The summed E-state index contributed by atoms with van der Waals surface area (Å²) in [5.41, 5.74) is 20.2. The van der Waals surface area contributed by atoms with E-state index in [2.05, 4.69) is 98.8 Å². The molecule has 2 aliphatic carbocycles. The Kier molecular flexibility index (Phi) is 3.44. The standard InChI is InChI=1S/C29H23N/c1-18-10-3-4-11-20(18)28-19(2)21-12-5-7-14-23(21)29(28)24-15-8-6-13-22(24)27-25(29)16-9-17-26(27)30/h3-17H,30H2,1-2H3. The van der Waals surface area contributed by atoms with Crippen LogP contribution in [0.3, 0.4) is 0 Å². The van der Waals surface area contributed by atoms with Gasteiger partial charge in [-0.1, -0.05) is 84.9 Å². The Balaban J connectivity index is 1.86. The first-order valence-electron chi connectivity index (χ1n) is 10.5. The Labute approximate surface area is 177 Å². The normalized spacial score (nSPS) is 18.5. The van der Waals surface area contributed by atoms with Gasteiger partial charge in [-0.15, -0.1) is 0 Å². The lowest BCUT2D eigenvalue weighted by molar-refractivity contribution is 0.841. The van der Waals surface area contributed by atoms with E-state index < -0.39 is 0 Å². The summed E-state index contributed by atoms with van der Waals surface area (Å²) in [6.07, 6.45) is 0. The third kappa shape index (κ3) is 1.92. The first kappa shape index (κ1) is 17.3. The quantitative estimate of drug-likeness (QED) is 0.357. The Morgan fingerprint density at radius 2 is 1.13 bits per heavy atom. The molecule has 0 saturated heterocycles. The Morgan fingerprint density at radius 1 is 0.567 bits per heavy atom. The van der Waals surface area contributed by atoms with Crippen LogP contribution >= 0.6 is 0 Å². The maximum absolute atomic E-state index is 6.59. The summed E-state index contributed by atoms with van der Waals surface area (Å²) in [6.45, 7) is 4.50. The molecule has 1 nitrogen and oxygen atoms in total. The van der Waals surface area contributed by atoms with E-state index in [4.69, 9.17) is 5.73 Å². The molecule has 0 heterocycles. The van der Waals surface area contributed by atoms with Crippen molar-refractivity contribution in [3.63, 3.8) is 0 Å². The topological polar surface area (TPSA) is 26.0 Å². The summed E-state index contributed by atoms with van der Waals surface area (Å²) in [5, 5.41) is 0. The number of allylic oxidation sites excluding steroid dienone is 2. The van der Waals surface area contributed by atoms with E-state index in [1.807, 2.05) is 6.07 Å². The molecule has 144 valence electrons. The van der Waals surface area contributed by atoms with Crippen molar-refractivity contribution in [2.75, 3.05) is 5.73 Å². The van der Waals surface area contributed by atoms with Crippen LogP contribution in [0.15, 0.2) is 91.0 Å². The van der Waals surface area contributed by atoms with Gasteiger partial charge in [0.15, 0.2) is 0 Å². The molecule has 2 N–H and O–H groups in total. The van der Waals surface area contributed by atoms with Gasteiger partial charge in [0.05, 0.1) is 5.41 Å². The molecule has 0 saturated carbocycles. The van der Waals surface area contributed by atoms with Crippen molar-refractivity contribution in [3.05, 3.63) is 124 Å². The Bertz CT molecular complexity index is 1370. The molecule has 0 aromatic heterocycles.